The normalized spacial score (nSPS) is 11.8. The van der Waals surface area contributed by atoms with E-state index in [0.717, 1.165) is 65.8 Å². The summed E-state index contributed by atoms with van der Waals surface area (Å²) in [6, 6.07) is 57.7. The molecule has 0 spiro atoms. The number of benzene rings is 6. The molecule has 8 aromatic rings. The van der Waals surface area contributed by atoms with Crippen molar-refractivity contribution in [2.75, 3.05) is 4.90 Å². The largest absolute Gasteiger partial charge is 0.486 e. The number of thiophene rings is 2. The van der Waals surface area contributed by atoms with Gasteiger partial charge in [-0.3, -0.25) is 4.79 Å². The first kappa shape index (κ1) is 46.7. The van der Waals surface area contributed by atoms with Gasteiger partial charge in [-0.05, 0) is 131 Å². The van der Waals surface area contributed by atoms with Gasteiger partial charge in [-0.25, -0.2) is 9.64 Å². The van der Waals surface area contributed by atoms with Crippen molar-refractivity contribution in [3.05, 3.63) is 241 Å². The second kappa shape index (κ2) is 21.6. The van der Waals surface area contributed by atoms with Crippen LogP contribution in [0.5, 0.6) is 0 Å². The van der Waals surface area contributed by atoms with Crippen molar-refractivity contribution in [2.24, 2.45) is 0 Å². The van der Waals surface area contributed by atoms with Crippen molar-refractivity contribution in [2.45, 2.75) is 13.8 Å². The number of nitriles is 1. The predicted molar refractivity (Wildman–Crippen MR) is 287 cm³/mol. The van der Waals surface area contributed by atoms with Gasteiger partial charge >= 0.3 is 11.9 Å². The van der Waals surface area contributed by atoms with Crippen LogP contribution in [0.4, 0.5) is 17.1 Å². The zero-order valence-corrected chi connectivity index (χ0v) is 39.2. The topological polar surface area (TPSA) is 106 Å². The van der Waals surface area contributed by atoms with Crippen molar-refractivity contribution in [1.82, 2.24) is 0 Å². The Bertz CT molecular complexity index is 3200. The van der Waals surface area contributed by atoms with Crippen LogP contribution in [0.15, 0.2) is 175 Å². The summed E-state index contributed by atoms with van der Waals surface area (Å²) in [5.74, 6) is -2.47. The van der Waals surface area contributed by atoms with E-state index in [1.54, 1.807) is 6.07 Å². The van der Waals surface area contributed by atoms with Gasteiger partial charge in [-0.1, -0.05) is 151 Å². The van der Waals surface area contributed by atoms with Gasteiger partial charge in [0.05, 0.1) is 6.57 Å². The van der Waals surface area contributed by atoms with Gasteiger partial charge in [0.25, 0.3) is 5.70 Å². The molecule has 9 heteroatoms. The minimum absolute atomic E-state index is 0.294. The highest BCUT2D eigenvalue weighted by molar-refractivity contribution is 7.16. The smallest absolute Gasteiger partial charge is 0.346 e. The third kappa shape index (κ3) is 12.1. The molecule has 0 radical (unpaired) electrons. The maximum atomic E-state index is 11.3. The van der Waals surface area contributed by atoms with Crippen LogP contribution >= 0.6 is 22.7 Å². The molecular weight excluding hydrogens is 891 g/mol. The molecule has 0 amide bonds. The van der Waals surface area contributed by atoms with Crippen molar-refractivity contribution in [3.63, 3.8) is 0 Å². The molecule has 0 unspecified atom stereocenters. The number of carbonyl (C=O) groups is 2. The van der Waals surface area contributed by atoms with E-state index in [9.17, 15) is 19.8 Å². The fraction of sp³-hybridized carbons (Fsp3) is 0.0333. The van der Waals surface area contributed by atoms with Gasteiger partial charge in [0.2, 0.25) is 0 Å². The van der Waals surface area contributed by atoms with Crippen LogP contribution in [0.25, 0.3) is 74.3 Å². The molecule has 0 saturated carbocycles. The second-order valence-corrected chi connectivity index (χ2v) is 18.3. The predicted octanol–water partition coefficient (Wildman–Crippen LogP) is 16.1. The number of nitrogens with zero attached hydrogens (tertiary/aromatic N) is 3. The lowest BCUT2D eigenvalue weighted by Crippen LogP contribution is -2.09. The first-order valence-electron chi connectivity index (χ1n) is 21.8. The Morgan fingerprint density at radius 1 is 0.507 bits per heavy atom. The molecule has 2 N–H and O–H groups in total. The Morgan fingerprint density at radius 2 is 0.870 bits per heavy atom. The number of aryl methyl sites for hydroxylation is 2. The summed E-state index contributed by atoms with van der Waals surface area (Å²) in [6.07, 6.45) is 15.4. The first-order chi connectivity index (χ1) is 33.5. The Balaban J connectivity index is 0.993. The summed E-state index contributed by atoms with van der Waals surface area (Å²) in [5, 5.41) is 27.5. The molecule has 0 atom stereocenters. The van der Waals surface area contributed by atoms with Crippen LogP contribution in [0.2, 0.25) is 0 Å². The molecule has 0 aliphatic heterocycles. The van der Waals surface area contributed by atoms with E-state index in [-0.39, 0.29) is 11.3 Å². The average Bonchev–Trinajstić information content (AvgIpc) is 4.04. The summed E-state index contributed by atoms with van der Waals surface area (Å²) in [4.78, 5) is 31.3. The molecule has 0 fully saturated rings. The monoisotopic (exact) mass is 933 g/mol. The van der Waals surface area contributed by atoms with Crippen LogP contribution in [0.1, 0.15) is 54.3 Å². The molecule has 0 bridgehead atoms. The van der Waals surface area contributed by atoms with E-state index >= 15 is 0 Å². The zero-order chi connectivity index (χ0) is 48.3. The summed E-state index contributed by atoms with van der Waals surface area (Å²) in [7, 11) is 0. The highest BCUT2D eigenvalue weighted by atomic mass is 32.1. The number of anilines is 3. The van der Waals surface area contributed by atoms with Crippen molar-refractivity contribution >= 4 is 100 Å². The fourth-order valence-electron chi connectivity index (χ4n) is 7.58. The maximum Gasteiger partial charge on any atom is 0.346 e. The Kier molecular flexibility index (Phi) is 14.6. The summed E-state index contributed by atoms with van der Waals surface area (Å²) >= 11 is 2.88. The van der Waals surface area contributed by atoms with E-state index in [1.165, 1.54) is 51.5 Å². The van der Waals surface area contributed by atoms with Gasteiger partial charge in [0.1, 0.15) is 11.6 Å². The minimum atomic E-state index is -1.24. The summed E-state index contributed by atoms with van der Waals surface area (Å²) in [6.45, 7) is 11.4. The van der Waals surface area contributed by atoms with E-state index in [4.69, 9.17) is 11.8 Å². The van der Waals surface area contributed by atoms with Gasteiger partial charge in [0, 0.05) is 36.6 Å². The zero-order valence-electron chi connectivity index (χ0n) is 37.6. The lowest BCUT2D eigenvalue weighted by atomic mass is 10.1. The van der Waals surface area contributed by atoms with Crippen LogP contribution < -0.4 is 4.90 Å². The van der Waals surface area contributed by atoms with Gasteiger partial charge in [-0.2, -0.15) is 5.26 Å². The molecule has 8 rings (SSSR count). The number of carboxylic acids is 2. The lowest BCUT2D eigenvalue weighted by Gasteiger charge is -2.26. The molecule has 7 nitrogen and oxygen atoms in total. The van der Waals surface area contributed by atoms with Crippen molar-refractivity contribution < 1.29 is 19.8 Å². The molecule has 0 aliphatic carbocycles. The second-order valence-electron chi connectivity index (χ2n) is 16.1. The Morgan fingerprint density at radius 3 is 1.22 bits per heavy atom. The molecule has 0 aliphatic rings. The van der Waals surface area contributed by atoms with Crippen LogP contribution in [-0.2, 0) is 9.59 Å². The fourth-order valence-corrected chi connectivity index (χ4v) is 9.49. The number of rotatable bonds is 15. The van der Waals surface area contributed by atoms with Crippen LogP contribution in [0.3, 0.4) is 0 Å². The molecule has 69 heavy (non-hydrogen) atoms. The molecule has 2 heterocycles. The highest BCUT2D eigenvalue weighted by Crippen LogP contribution is 2.36. The van der Waals surface area contributed by atoms with E-state index in [1.807, 2.05) is 60.7 Å². The molecule has 2 aromatic heterocycles. The maximum absolute atomic E-state index is 11.3. The van der Waals surface area contributed by atoms with Crippen LogP contribution in [0, 0.1) is 31.8 Å². The third-order valence-corrected chi connectivity index (χ3v) is 13.2. The van der Waals surface area contributed by atoms with Gasteiger partial charge < -0.3 is 15.1 Å². The lowest BCUT2D eigenvalue weighted by molar-refractivity contribution is -0.133. The summed E-state index contributed by atoms with van der Waals surface area (Å²) in [5.41, 5.74) is 13.4. The molecule has 334 valence electrons. The Labute approximate surface area is 409 Å². The van der Waals surface area contributed by atoms with E-state index in [2.05, 4.69) is 163 Å². The number of aliphatic carboxylic acids is 2. The quantitative estimate of drug-likeness (QED) is 0.0459. The first-order valence-corrected chi connectivity index (χ1v) is 23.4. The Hall–Kier alpha value is -8.86. The van der Waals surface area contributed by atoms with E-state index in [0.29, 0.717) is 9.75 Å². The average molecular weight is 934 g/mol. The van der Waals surface area contributed by atoms with E-state index < -0.39 is 11.9 Å². The van der Waals surface area contributed by atoms with Gasteiger partial charge in [0.15, 0.2) is 0 Å². The summed E-state index contributed by atoms with van der Waals surface area (Å²) < 4.78 is 0. The molecule has 0 saturated heterocycles. The molecule has 6 aromatic carbocycles. The van der Waals surface area contributed by atoms with Gasteiger partial charge in [-0.15, -0.1) is 22.7 Å². The minimum Gasteiger partial charge on any atom is -0.486 e. The number of hydrogen-bond donors (Lipinski definition) is 2. The van der Waals surface area contributed by atoms with Crippen molar-refractivity contribution in [3.8, 4) is 27.0 Å². The third-order valence-electron chi connectivity index (χ3n) is 11.0. The number of carboxylic acid groups (broad SMARTS) is 2. The highest BCUT2D eigenvalue weighted by Gasteiger charge is 2.14. The van der Waals surface area contributed by atoms with Crippen LogP contribution in [-0.4, -0.2) is 22.2 Å². The SMILES string of the molecule is [C-]#[N+]C(=Cc1ccc(-c2ccc(C=Cc3ccc(N(c4ccc(C=Cc5ccc(-c6ccc(C=C(C#N)C(=O)O)s6)cc5)cc4)c4ccc(C=Cc5cc(C)cc(C)c5)cc4)cc3)cc2)s1)C(=O)O. The number of hydrogen-bond acceptors (Lipinski definition) is 6. The van der Waals surface area contributed by atoms with Crippen molar-refractivity contribution in [1.29, 1.82) is 5.26 Å². The molecular formula is C60H43N3O4S2. The standard InChI is InChI=1S/C60H43N3O4S2/c1-40-34-41(2)36-47(35-40)9-8-46-18-28-53(29-19-46)63(51-24-14-44(15-25-51)6-4-42-10-20-48(21-11-42)57-32-30-54(68-57)37-50(39-61)59(64)65)52-26-16-45(17-27-52)7-5-43-12-22-49(23-13-43)58-33-31-55(69-58)38-56(62-3)60(66)67/h4-38H,1-2H3,(H,64,65)(H,66,67).